The maximum absolute atomic E-state index is 14.5. The van der Waals surface area contributed by atoms with E-state index in [1.807, 2.05) is 77.9 Å². The molecule has 2 heterocycles. The molecule has 77 heavy (non-hydrogen) atoms. The number of hydrogen-bond donors (Lipinski definition) is 8. The number of nitrogens with zero attached hydrogens (tertiary/aromatic N) is 2. The Balaban J connectivity index is 1.03. The number of amides is 8. The summed E-state index contributed by atoms with van der Waals surface area (Å²) < 4.78 is 0. The molecule has 6 rings (SSSR count). The maximum Gasteiger partial charge on any atom is 0.246 e. The van der Waals surface area contributed by atoms with Gasteiger partial charge in [0.1, 0.15) is 24.2 Å². The van der Waals surface area contributed by atoms with Gasteiger partial charge in [-0.1, -0.05) is 102 Å². The molecule has 2 aromatic rings. The number of aryl methyl sites for hydroxylation is 2. The number of hydrogen-bond acceptors (Lipinski definition) is 10. The molecular weight excluding hydrogens is 977 g/mol. The number of rotatable bonds is 18. The number of likely N-dealkylation sites (tertiary alicyclic amines) is 2. The zero-order chi connectivity index (χ0) is 56.0. The third-order valence-corrected chi connectivity index (χ3v) is 15.1. The summed E-state index contributed by atoms with van der Waals surface area (Å²) >= 11 is 0. The van der Waals surface area contributed by atoms with Crippen LogP contribution in [0.1, 0.15) is 147 Å². The van der Waals surface area contributed by atoms with Crippen molar-refractivity contribution in [3.63, 3.8) is 0 Å². The van der Waals surface area contributed by atoms with E-state index in [0.717, 1.165) is 49.7 Å². The normalized spacial score (nSPS) is 21.9. The summed E-state index contributed by atoms with van der Waals surface area (Å²) in [5, 5.41) is 23.9. The van der Waals surface area contributed by atoms with E-state index in [2.05, 4.69) is 78.3 Å². The van der Waals surface area contributed by atoms with Crippen molar-refractivity contribution in [2.45, 2.75) is 180 Å². The molecule has 2 saturated heterocycles. The number of fused-ring (bicyclic) bond motifs is 2. The van der Waals surface area contributed by atoms with Crippen LogP contribution in [0.2, 0.25) is 0 Å². The van der Waals surface area contributed by atoms with Crippen LogP contribution in [0.15, 0.2) is 48.5 Å². The van der Waals surface area contributed by atoms with Crippen LogP contribution in [-0.2, 0) is 51.2 Å². The summed E-state index contributed by atoms with van der Waals surface area (Å²) in [5.41, 5.74) is 3.11. The van der Waals surface area contributed by atoms with Gasteiger partial charge in [-0.05, 0) is 117 Å². The minimum absolute atomic E-state index is 0.0159. The minimum Gasteiger partial charge on any atom is -0.351 e. The molecule has 0 bridgehead atoms. The maximum atomic E-state index is 14.5. The van der Waals surface area contributed by atoms with Gasteiger partial charge in [-0.25, -0.2) is 0 Å². The average Bonchev–Trinajstić information content (AvgIpc) is 4.04. The Morgan fingerprint density at radius 3 is 1.44 bits per heavy atom. The summed E-state index contributed by atoms with van der Waals surface area (Å²) in [6.07, 6.45) is 6.07. The highest BCUT2D eigenvalue weighted by Crippen LogP contribution is 2.33. The van der Waals surface area contributed by atoms with Crippen LogP contribution >= 0.6 is 0 Å². The summed E-state index contributed by atoms with van der Waals surface area (Å²) in [6.45, 7) is 13.0. The third kappa shape index (κ3) is 16.1. The first-order chi connectivity index (χ1) is 36.6. The van der Waals surface area contributed by atoms with Crippen LogP contribution in [0.5, 0.6) is 0 Å². The zero-order valence-electron chi connectivity index (χ0n) is 46.6. The van der Waals surface area contributed by atoms with Crippen molar-refractivity contribution in [1.82, 2.24) is 52.3 Å². The molecule has 0 unspecified atom stereocenters. The van der Waals surface area contributed by atoms with Crippen molar-refractivity contribution in [1.29, 1.82) is 0 Å². The van der Waals surface area contributed by atoms with E-state index >= 15 is 0 Å². The molecule has 8 N–H and O–H groups in total. The van der Waals surface area contributed by atoms with E-state index in [-0.39, 0.29) is 106 Å². The van der Waals surface area contributed by atoms with Crippen LogP contribution in [0.4, 0.5) is 0 Å². The lowest BCUT2D eigenvalue weighted by atomic mass is 9.85. The second-order valence-corrected chi connectivity index (χ2v) is 23.1. The number of likely N-dealkylation sites (N-methyl/N-ethyl adjacent to an activating group) is 2. The van der Waals surface area contributed by atoms with Gasteiger partial charge in [0.15, 0.2) is 0 Å². The standard InChI is InChI=1S/C59H82N10O8/c1-37(61-9)53(73)67-52(59(5,6)7)57(77)69-36-41(33-47(69)55(75)65-45-29-21-25-39-23-17-19-27-43(39)45)63-49(71)31-15-13-11-10-12-14-30-48(70)62-40-32-46(54(74)64-44-28-20-24-38-22-16-18-26-42(38)44)68(35-40)56(76)51(58(2,3)4)66-50(72)34-60-8/h16-19,22-23,26-27,37,40-41,44-47,51-52,60-61H,14-15,20-21,24-25,28-36H2,1-9H3,(H,62,70)(H,63,71)(H,64,74)(H,65,75)(H,66,72)(H,67,73)/t37-,40-,41-,44+,45+,46-,47-,51+,52+/m0/s1. The van der Waals surface area contributed by atoms with Crippen LogP contribution in [0, 0.1) is 34.5 Å². The van der Waals surface area contributed by atoms with Crippen LogP contribution in [-0.4, -0.2) is 133 Å². The van der Waals surface area contributed by atoms with Crippen molar-refractivity contribution in [3.8, 4) is 23.7 Å². The Morgan fingerprint density at radius 2 is 1.03 bits per heavy atom. The molecule has 0 aromatic heterocycles. The molecule has 18 nitrogen and oxygen atoms in total. The summed E-state index contributed by atoms with van der Waals surface area (Å²) in [6, 6.07) is 10.4. The van der Waals surface area contributed by atoms with Crippen LogP contribution in [0.25, 0.3) is 0 Å². The summed E-state index contributed by atoms with van der Waals surface area (Å²) in [4.78, 5) is 113. The first-order valence-corrected chi connectivity index (χ1v) is 27.4. The molecule has 18 heteroatoms. The van der Waals surface area contributed by atoms with Crippen LogP contribution < -0.4 is 42.5 Å². The molecule has 4 aliphatic rings. The van der Waals surface area contributed by atoms with Crippen molar-refractivity contribution in [2.24, 2.45) is 10.8 Å². The summed E-state index contributed by atoms with van der Waals surface area (Å²) in [5.74, 6) is 8.59. The number of benzene rings is 2. The number of carbonyl (C=O) groups excluding carboxylic acids is 8. The van der Waals surface area contributed by atoms with Gasteiger partial charge in [-0.15, -0.1) is 0 Å². The topological polar surface area (TPSA) is 239 Å². The Morgan fingerprint density at radius 1 is 0.597 bits per heavy atom. The highest BCUT2D eigenvalue weighted by atomic mass is 16.2. The van der Waals surface area contributed by atoms with Gasteiger partial charge >= 0.3 is 0 Å². The quantitative estimate of drug-likeness (QED) is 0.102. The van der Waals surface area contributed by atoms with Gasteiger partial charge < -0.3 is 52.3 Å². The average molecular weight is 1060 g/mol. The Labute approximate surface area is 455 Å². The number of nitrogens with one attached hydrogen (secondary N) is 8. The molecule has 2 fully saturated rings. The molecular formula is C59H82N10O8. The Hall–Kier alpha value is -6.76. The van der Waals surface area contributed by atoms with Crippen molar-refractivity contribution < 1.29 is 38.4 Å². The second-order valence-electron chi connectivity index (χ2n) is 23.1. The van der Waals surface area contributed by atoms with Crippen LogP contribution in [0.3, 0.4) is 0 Å². The molecule has 9 atom stereocenters. The van der Waals surface area contributed by atoms with Crippen molar-refractivity contribution >= 4 is 47.3 Å². The number of carbonyl (C=O) groups is 8. The zero-order valence-corrected chi connectivity index (χ0v) is 46.6. The van der Waals surface area contributed by atoms with Gasteiger partial charge in [0.2, 0.25) is 47.3 Å². The minimum atomic E-state index is -0.942. The highest BCUT2D eigenvalue weighted by molar-refractivity contribution is 5.95. The summed E-state index contributed by atoms with van der Waals surface area (Å²) in [7, 11) is 3.30. The third-order valence-electron chi connectivity index (χ3n) is 15.1. The van der Waals surface area contributed by atoms with E-state index in [0.29, 0.717) is 0 Å². The lowest BCUT2D eigenvalue weighted by molar-refractivity contribution is -0.144. The molecule has 2 aliphatic carbocycles. The molecule has 0 saturated carbocycles. The van der Waals surface area contributed by atoms with Gasteiger partial charge in [-0.3, -0.25) is 38.4 Å². The van der Waals surface area contributed by atoms with E-state index in [9.17, 15) is 38.4 Å². The van der Waals surface area contributed by atoms with Crippen molar-refractivity contribution in [3.05, 3.63) is 70.8 Å². The van der Waals surface area contributed by atoms with Gasteiger partial charge in [0, 0.05) is 50.9 Å². The predicted octanol–water partition coefficient (Wildman–Crippen LogP) is 3.00. The first kappa shape index (κ1) is 59.5. The Bertz CT molecular complexity index is 2620. The first-order valence-electron chi connectivity index (χ1n) is 27.4. The molecule has 0 radical (unpaired) electrons. The molecule has 0 spiro atoms. The van der Waals surface area contributed by atoms with E-state index in [1.54, 1.807) is 21.0 Å². The monoisotopic (exact) mass is 1060 g/mol. The van der Waals surface area contributed by atoms with E-state index in [4.69, 9.17) is 0 Å². The largest absolute Gasteiger partial charge is 0.351 e. The SMILES string of the molecule is CNCC(=O)N[C@H](C(=O)N1C[C@@H](NC(=O)CCC#CC#CCCC(=O)N[C@H]2C[C@@H](C(=O)N[C@@H]3CCCc4ccccc43)N(C(=O)[C@@H](NC(=O)[C@H](C)NC)C(C)(C)C)C2)C[C@H]1C(=O)N[C@@H]1CCCc2ccccc21)C(C)(C)C. The lowest BCUT2D eigenvalue weighted by Gasteiger charge is -2.36. The van der Waals surface area contributed by atoms with Crippen molar-refractivity contribution in [2.75, 3.05) is 33.7 Å². The second kappa shape index (κ2) is 27.0. The van der Waals surface area contributed by atoms with Gasteiger partial charge in [0.05, 0.1) is 24.7 Å². The molecule has 2 aliphatic heterocycles. The molecule has 2 aromatic carbocycles. The molecule has 8 amide bonds. The van der Waals surface area contributed by atoms with Gasteiger partial charge in [0.25, 0.3) is 0 Å². The fourth-order valence-electron chi connectivity index (χ4n) is 10.8. The predicted molar refractivity (Wildman–Crippen MR) is 294 cm³/mol. The van der Waals surface area contributed by atoms with E-state index < -0.39 is 64.9 Å². The fraction of sp³-hybridized carbons (Fsp3) is 0.593. The van der Waals surface area contributed by atoms with Gasteiger partial charge in [-0.2, -0.15) is 0 Å². The smallest absolute Gasteiger partial charge is 0.246 e. The lowest BCUT2D eigenvalue weighted by Crippen LogP contribution is -2.59. The fourth-order valence-corrected chi connectivity index (χ4v) is 10.8. The Kier molecular flexibility index (Phi) is 20.9. The highest BCUT2D eigenvalue weighted by Gasteiger charge is 2.48. The molecule has 416 valence electrons. The van der Waals surface area contributed by atoms with E-state index in [1.165, 1.54) is 20.9 Å².